The van der Waals surface area contributed by atoms with Gasteiger partial charge in [-0.1, -0.05) is 17.7 Å². The molecule has 0 aliphatic rings. The van der Waals surface area contributed by atoms with Crippen LogP contribution in [0.25, 0.3) is 0 Å². The molecule has 0 saturated carbocycles. The smallest absolute Gasteiger partial charge is 0.322 e. The molecule has 134 valence electrons. The van der Waals surface area contributed by atoms with Gasteiger partial charge in [0.15, 0.2) is 0 Å². The van der Waals surface area contributed by atoms with E-state index in [9.17, 15) is 9.59 Å². The predicted octanol–water partition coefficient (Wildman–Crippen LogP) is 3.59. The van der Waals surface area contributed by atoms with Gasteiger partial charge in [0.2, 0.25) is 5.91 Å². The fourth-order valence-electron chi connectivity index (χ4n) is 2.69. The maximum Gasteiger partial charge on any atom is 0.322 e. The van der Waals surface area contributed by atoms with Crippen LogP contribution in [0.3, 0.4) is 0 Å². The molecule has 0 aliphatic heterocycles. The first-order chi connectivity index (χ1) is 12.3. The molecule has 0 aromatic heterocycles. The van der Waals surface area contributed by atoms with Crippen molar-refractivity contribution in [3.05, 3.63) is 58.7 Å². The number of carbonyl (C=O) groups excluding carboxylic acids is 2. The largest absolute Gasteiger partial charge is 0.324 e. The lowest BCUT2D eigenvalue weighted by Crippen LogP contribution is -2.37. The zero-order chi connectivity index (χ0) is 19.3. The van der Waals surface area contributed by atoms with Crippen LogP contribution in [0.5, 0.6) is 0 Å². The van der Waals surface area contributed by atoms with E-state index in [-0.39, 0.29) is 12.5 Å². The van der Waals surface area contributed by atoms with Gasteiger partial charge in [-0.25, -0.2) is 4.79 Å². The molecule has 26 heavy (non-hydrogen) atoms. The number of carbonyl (C=O) groups is 2. The monoisotopic (exact) mass is 350 g/mol. The number of hydrogen-bond donors (Lipinski definition) is 2. The summed E-state index contributed by atoms with van der Waals surface area (Å²) in [6, 6.07) is 12.1. The van der Waals surface area contributed by atoms with E-state index in [0.717, 1.165) is 22.4 Å². The average Bonchev–Trinajstić information content (AvgIpc) is 2.58. The standard InChI is InChI=1S/C20H22N4O2/c1-13-9-14(2)19(15(3)10-13)23-18(25)12-24(4)20(26)22-17-7-5-16(11-21)6-8-17/h5-10H,12H2,1-4H3,(H,22,26)(H,23,25). The van der Waals surface area contributed by atoms with Gasteiger partial charge < -0.3 is 15.5 Å². The van der Waals surface area contributed by atoms with E-state index in [1.807, 2.05) is 39.0 Å². The number of urea groups is 1. The van der Waals surface area contributed by atoms with Gasteiger partial charge in [-0.05, 0) is 56.2 Å². The van der Waals surface area contributed by atoms with E-state index < -0.39 is 6.03 Å². The molecule has 0 aliphatic carbocycles. The van der Waals surface area contributed by atoms with E-state index in [1.54, 1.807) is 31.3 Å². The highest BCUT2D eigenvalue weighted by molar-refractivity contribution is 5.97. The summed E-state index contributed by atoms with van der Waals surface area (Å²) in [6.45, 7) is 5.82. The molecule has 2 aromatic rings. The van der Waals surface area contributed by atoms with Gasteiger partial charge in [-0.3, -0.25) is 4.79 Å². The molecular formula is C20H22N4O2. The zero-order valence-corrected chi connectivity index (χ0v) is 15.4. The summed E-state index contributed by atoms with van der Waals surface area (Å²) in [6.07, 6.45) is 0. The highest BCUT2D eigenvalue weighted by Crippen LogP contribution is 2.21. The molecule has 0 atom stereocenters. The summed E-state index contributed by atoms with van der Waals surface area (Å²) in [7, 11) is 1.55. The summed E-state index contributed by atoms with van der Waals surface area (Å²) < 4.78 is 0. The molecular weight excluding hydrogens is 328 g/mol. The fourth-order valence-corrected chi connectivity index (χ4v) is 2.69. The van der Waals surface area contributed by atoms with Crippen molar-refractivity contribution >= 4 is 23.3 Å². The number of amides is 3. The second-order valence-electron chi connectivity index (χ2n) is 6.30. The second kappa shape index (κ2) is 8.17. The number of nitriles is 1. The molecule has 0 saturated heterocycles. The molecule has 0 bridgehead atoms. The minimum atomic E-state index is -0.401. The van der Waals surface area contributed by atoms with E-state index in [0.29, 0.717) is 11.3 Å². The molecule has 3 amide bonds. The Balaban J connectivity index is 1.95. The number of rotatable bonds is 4. The number of benzene rings is 2. The normalized spacial score (nSPS) is 9.96. The molecule has 0 radical (unpaired) electrons. The average molecular weight is 350 g/mol. The molecule has 0 heterocycles. The van der Waals surface area contributed by atoms with E-state index in [2.05, 4.69) is 10.6 Å². The first kappa shape index (κ1) is 19.0. The third-order valence-corrected chi connectivity index (χ3v) is 3.93. The lowest BCUT2D eigenvalue weighted by atomic mass is 10.1. The number of likely N-dealkylation sites (N-methyl/N-ethyl adjacent to an activating group) is 1. The van der Waals surface area contributed by atoms with Crippen LogP contribution in [0.15, 0.2) is 36.4 Å². The molecule has 6 heteroatoms. The van der Waals surface area contributed by atoms with E-state index in [1.165, 1.54) is 4.90 Å². The van der Waals surface area contributed by atoms with Gasteiger partial charge in [-0.2, -0.15) is 5.26 Å². The molecule has 2 N–H and O–H groups in total. The summed E-state index contributed by atoms with van der Waals surface area (Å²) >= 11 is 0. The van der Waals surface area contributed by atoms with Crippen LogP contribution in [-0.2, 0) is 4.79 Å². The number of anilines is 2. The summed E-state index contributed by atoms with van der Waals surface area (Å²) in [5, 5.41) is 14.3. The van der Waals surface area contributed by atoms with Crippen molar-refractivity contribution in [1.82, 2.24) is 4.90 Å². The number of nitrogens with one attached hydrogen (secondary N) is 2. The Hall–Kier alpha value is -3.33. The second-order valence-corrected chi connectivity index (χ2v) is 6.30. The van der Waals surface area contributed by atoms with E-state index >= 15 is 0 Å². The Bertz CT molecular complexity index is 843. The van der Waals surface area contributed by atoms with Gasteiger partial charge in [0.05, 0.1) is 11.6 Å². The fraction of sp³-hybridized carbons (Fsp3) is 0.250. The summed E-state index contributed by atoms with van der Waals surface area (Å²) in [4.78, 5) is 25.8. The van der Waals surface area contributed by atoms with Crippen LogP contribution in [0, 0.1) is 32.1 Å². The van der Waals surface area contributed by atoms with Crippen molar-refractivity contribution in [3.63, 3.8) is 0 Å². The van der Waals surface area contributed by atoms with Gasteiger partial charge in [0, 0.05) is 18.4 Å². The topological polar surface area (TPSA) is 85.2 Å². The Morgan fingerprint density at radius 1 is 1.04 bits per heavy atom. The third kappa shape index (κ3) is 4.84. The Labute approximate surface area is 153 Å². The molecule has 0 unspecified atom stereocenters. The minimum absolute atomic E-state index is 0.0745. The molecule has 0 spiro atoms. The predicted molar refractivity (Wildman–Crippen MR) is 102 cm³/mol. The lowest BCUT2D eigenvalue weighted by Gasteiger charge is -2.19. The zero-order valence-electron chi connectivity index (χ0n) is 15.4. The highest BCUT2D eigenvalue weighted by atomic mass is 16.2. The third-order valence-electron chi connectivity index (χ3n) is 3.93. The highest BCUT2D eigenvalue weighted by Gasteiger charge is 2.15. The number of nitrogens with zero attached hydrogens (tertiary/aromatic N) is 2. The number of hydrogen-bond acceptors (Lipinski definition) is 3. The maximum atomic E-state index is 12.3. The van der Waals surface area contributed by atoms with Crippen LogP contribution in [0.1, 0.15) is 22.3 Å². The van der Waals surface area contributed by atoms with Gasteiger partial charge >= 0.3 is 6.03 Å². The first-order valence-corrected chi connectivity index (χ1v) is 8.20. The van der Waals surface area contributed by atoms with Crippen molar-refractivity contribution in [1.29, 1.82) is 5.26 Å². The van der Waals surface area contributed by atoms with Crippen LogP contribution >= 0.6 is 0 Å². The first-order valence-electron chi connectivity index (χ1n) is 8.20. The summed E-state index contributed by atoms with van der Waals surface area (Å²) in [5.74, 6) is -0.266. The Morgan fingerprint density at radius 3 is 2.15 bits per heavy atom. The molecule has 2 aromatic carbocycles. The van der Waals surface area contributed by atoms with Crippen LogP contribution in [0.2, 0.25) is 0 Å². The quantitative estimate of drug-likeness (QED) is 0.884. The Morgan fingerprint density at radius 2 is 1.62 bits per heavy atom. The van der Waals surface area contributed by atoms with Crippen molar-refractivity contribution in [3.8, 4) is 6.07 Å². The van der Waals surface area contributed by atoms with Crippen molar-refractivity contribution in [2.24, 2.45) is 0 Å². The van der Waals surface area contributed by atoms with Crippen molar-refractivity contribution < 1.29 is 9.59 Å². The van der Waals surface area contributed by atoms with E-state index in [4.69, 9.17) is 5.26 Å². The maximum absolute atomic E-state index is 12.3. The van der Waals surface area contributed by atoms with Gasteiger partial charge in [0.25, 0.3) is 0 Å². The van der Waals surface area contributed by atoms with Crippen molar-refractivity contribution in [2.75, 3.05) is 24.2 Å². The number of aryl methyl sites for hydroxylation is 3. The summed E-state index contributed by atoms with van der Waals surface area (Å²) in [5.41, 5.74) is 4.96. The van der Waals surface area contributed by atoms with Gasteiger partial charge in [0.1, 0.15) is 6.54 Å². The van der Waals surface area contributed by atoms with Crippen molar-refractivity contribution in [2.45, 2.75) is 20.8 Å². The SMILES string of the molecule is Cc1cc(C)c(NC(=O)CN(C)C(=O)Nc2ccc(C#N)cc2)c(C)c1. The van der Waals surface area contributed by atoms with Gasteiger partial charge in [-0.15, -0.1) is 0 Å². The van der Waals surface area contributed by atoms with Crippen LogP contribution in [-0.4, -0.2) is 30.4 Å². The Kier molecular flexibility index (Phi) is 5.97. The molecule has 6 nitrogen and oxygen atoms in total. The van der Waals surface area contributed by atoms with Crippen LogP contribution in [0.4, 0.5) is 16.2 Å². The molecule has 2 rings (SSSR count). The molecule has 0 fully saturated rings. The minimum Gasteiger partial charge on any atom is -0.324 e. The lowest BCUT2D eigenvalue weighted by molar-refractivity contribution is -0.116. The van der Waals surface area contributed by atoms with Crippen LogP contribution < -0.4 is 10.6 Å².